The quantitative estimate of drug-likeness (QED) is 0.0675. The van der Waals surface area contributed by atoms with Gasteiger partial charge in [0.05, 0.1) is 0 Å². The number of unbranched alkanes of at least 4 members (excludes halogenated alkanes) is 18. The molecule has 5 aromatic rings. The zero-order valence-corrected chi connectivity index (χ0v) is 29.6. The van der Waals surface area contributed by atoms with E-state index >= 15 is 0 Å². The third-order valence-corrected chi connectivity index (χ3v) is 11.3. The van der Waals surface area contributed by atoms with Gasteiger partial charge in [0.2, 0.25) is 0 Å². The highest BCUT2D eigenvalue weighted by molar-refractivity contribution is 7.26. The summed E-state index contributed by atoms with van der Waals surface area (Å²) in [5.74, 6) is 0. The predicted molar refractivity (Wildman–Crippen MR) is 205 cm³/mol. The molecule has 5 rings (SSSR count). The normalized spacial score (nSPS) is 12.0. The molecule has 0 bridgehead atoms. The molecule has 0 atom stereocenters. The van der Waals surface area contributed by atoms with Gasteiger partial charge in [-0.1, -0.05) is 166 Å². The second kappa shape index (κ2) is 18.7. The highest BCUT2D eigenvalue weighted by Gasteiger charge is 2.10. The topological polar surface area (TPSA) is 0 Å². The van der Waals surface area contributed by atoms with E-state index in [1.54, 1.807) is 0 Å². The average molecular weight is 621 g/mol. The second-order valence-electron chi connectivity index (χ2n) is 14.0. The van der Waals surface area contributed by atoms with Crippen LogP contribution in [0.3, 0.4) is 0 Å². The van der Waals surface area contributed by atoms with E-state index in [1.165, 1.54) is 194 Å². The number of hydrogen-bond donors (Lipinski definition) is 0. The first-order valence-electron chi connectivity index (χ1n) is 19.1. The Morgan fingerprint density at radius 2 is 0.711 bits per heavy atom. The summed E-state index contributed by atoms with van der Waals surface area (Å²) in [7, 11) is 0. The zero-order chi connectivity index (χ0) is 31.1. The lowest BCUT2D eigenvalue weighted by Gasteiger charge is -2.06. The van der Waals surface area contributed by atoms with E-state index in [2.05, 4.69) is 74.5 Å². The van der Waals surface area contributed by atoms with Gasteiger partial charge in [0, 0.05) is 20.2 Å². The number of benzene rings is 4. The molecule has 0 saturated heterocycles. The highest BCUT2D eigenvalue weighted by Crippen LogP contribution is 2.39. The van der Waals surface area contributed by atoms with E-state index in [9.17, 15) is 0 Å². The molecule has 0 aliphatic heterocycles. The zero-order valence-electron chi connectivity index (χ0n) is 28.7. The van der Waals surface area contributed by atoms with Gasteiger partial charge in [-0.25, -0.2) is 0 Å². The van der Waals surface area contributed by atoms with Crippen molar-refractivity contribution in [3.63, 3.8) is 0 Å². The number of hydrogen-bond acceptors (Lipinski definition) is 1. The lowest BCUT2D eigenvalue weighted by Crippen LogP contribution is -1.87. The Bertz CT molecular complexity index is 1470. The van der Waals surface area contributed by atoms with Crippen LogP contribution < -0.4 is 0 Å². The SMILES string of the molecule is CCCCCCCCCCCCc1ccc2cc3c(cc2c1)sc1cc2cc(CCCCCCCCCCCC)ccc2cc13. The molecular weight excluding hydrogens is 561 g/mol. The Morgan fingerprint density at radius 1 is 0.356 bits per heavy atom. The molecule has 4 aromatic carbocycles. The highest BCUT2D eigenvalue weighted by atomic mass is 32.1. The standard InChI is InChI=1S/C44H60S/c1-3-5-7-9-11-13-15-17-19-21-23-35-25-27-37-31-41-42-32-38-28-26-36(24-22-20-18-16-14-12-10-8-6-4-2)30-40(38)34-44(42)45-43(41)33-39(37)29-35/h25-34H,3-24H2,1-2H3. The van der Waals surface area contributed by atoms with Crippen LogP contribution in [0.4, 0.5) is 0 Å². The van der Waals surface area contributed by atoms with Gasteiger partial charge in [0.15, 0.2) is 0 Å². The summed E-state index contributed by atoms with van der Waals surface area (Å²) in [5, 5.41) is 8.40. The van der Waals surface area contributed by atoms with E-state index in [4.69, 9.17) is 0 Å². The van der Waals surface area contributed by atoms with E-state index in [1.807, 2.05) is 11.3 Å². The Balaban J connectivity index is 1.13. The molecule has 0 fully saturated rings. The maximum atomic E-state index is 2.46. The second-order valence-corrected chi connectivity index (χ2v) is 15.1. The van der Waals surface area contributed by atoms with Crippen molar-refractivity contribution in [2.75, 3.05) is 0 Å². The summed E-state index contributed by atoms with van der Waals surface area (Å²) < 4.78 is 2.85. The predicted octanol–water partition coefficient (Wildman–Crippen LogP) is 15.3. The van der Waals surface area contributed by atoms with Crippen LogP contribution in [0.25, 0.3) is 41.7 Å². The summed E-state index contributed by atoms with van der Waals surface area (Å²) in [4.78, 5) is 0. The fourth-order valence-corrected chi connectivity index (χ4v) is 8.47. The van der Waals surface area contributed by atoms with Crippen LogP contribution in [0.5, 0.6) is 0 Å². The third kappa shape index (κ3) is 10.3. The smallest absolute Gasteiger partial charge is 0.0361 e. The Labute approximate surface area is 279 Å². The van der Waals surface area contributed by atoms with E-state index < -0.39 is 0 Å². The molecule has 0 N–H and O–H groups in total. The molecule has 0 amide bonds. The Kier molecular flexibility index (Phi) is 14.1. The van der Waals surface area contributed by atoms with Gasteiger partial charge >= 0.3 is 0 Å². The van der Waals surface area contributed by atoms with Crippen molar-refractivity contribution in [3.05, 3.63) is 71.8 Å². The lowest BCUT2D eigenvalue weighted by atomic mass is 9.98. The van der Waals surface area contributed by atoms with Gasteiger partial charge in [-0.05, 0) is 82.6 Å². The molecule has 1 aromatic heterocycles. The largest absolute Gasteiger partial charge is 0.135 e. The van der Waals surface area contributed by atoms with Crippen LogP contribution in [0.15, 0.2) is 60.7 Å². The Morgan fingerprint density at radius 3 is 1.09 bits per heavy atom. The monoisotopic (exact) mass is 620 g/mol. The number of aryl methyl sites for hydroxylation is 2. The van der Waals surface area contributed by atoms with Crippen molar-refractivity contribution in [2.45, 2.75) is 155 Å². The summed E-state index contributed by atoms with van der Waals surface area (Å²) >= 11 is 1.97. The molecule has 0 aliphatic rings. The number of rotatable bonds is 22. The van der Waals surface area contributed by atoms with Crippen molar-refractivity contribution in [1.29, 1.82) is 0 Å². The summed E-state index contributed by atoms with van der Waals surface area (Å²) in [5.41, 5.74) is 3.01. The Hall–Kier alpha value is -2.38. The summed E-state index contributed by atoms with van der Waals surface area (Å²) in [6.45, 7) is 4.60. The lowest BCUT2D eigenvalue weighted by molar-refractivity contribution is 0.556. The molecule has 0 nitrogen and oxygen atoms in total. The maximum absolute atomic E-state index is 2.46. The molecule has 0 unspecified atom stereocenters. The number of thiophene rings is 1. The van der Waals surface area contributed by atoms with Crippen molar-refractivity contribution >= 4 is 53.1 Å². The molecule has 0 saturated carbocycles. The maximum Gasteiger partial charge on any atom is 0.0361 e. The van der Waals surface area contributed by atoms with Crippen LogP contribution >= 0.6 is 11.3 Å². The summed E-state index contributed by atoms with van der Waals surface area (Å²) in [6.07, 6.45) is 30.5. The molecule has 0 aliphatic carbocycles. The van der Waals surface area contributed by atoms with Gasteiger partial charge in [0.1, 0.15) is 0 Å². The fourth-order valence-electron chi connectivity index (χ4n) is 7.31. The molecular formula is C44H60S. The third-order valence-electron chi connectivity index (χ3n) is 10.2. The molecule has 1 heterocycles. The van der Waals surface area contributed by atoms with Gasteiger partial charge in [-0.3, -0.25) is 0 Å². The first-order chi connectivity index (χ1) is 22.2. The van der Waals surface area contributed by atoms with Crippen molar-refractivity contribution in [1.82, 2.24) is 0 Å². The van der Waals surface area contributed by atoms with Crippen molar-refractivity contribution < 1.29 is 0 Å². The molecule has 45 heavy (non-hydrogen) atoms. The van der Waals surface area contributed by atoms with Gasteiger partial charge in [-0.2, -0.15) is 0 Å². The van der Waals surface area contributed by atoms with Crippen LogP contribution in [0, 0.1) is 0 Å². The minimum atomic E-state index is 1.21. The number of fused-ring (bicyclic) bond motifs is 5. The van der Waals surface area contributed by atoms with E-state index in [0.717, 1.165) is 0 Å². The van der Waals surface area contributed by atoms with Gasteiger partial charge in [0.25, 0.3) is 0 Å². The summed E-state index contributed by atoms with van der Waals surface area (Å²) in [6, 6.07) is 24.2. The van der Waals surface area contributed by atoms with Gasteiger partial charge in [-0.15, -0.1) is 11.3 Å². The first-order valence-corrected chi connectivity index (χ1v) is 19.9. The van der Waals surface area contributed by atoms with Crippen LogP contribution in [0.1, 0.15) is 153 Å². The van der Waals surface area contributed by atoms with E-state index in [0.29, 0.717) is 0 Å². The first kappa shape index (κ1) is 34.0. The van der Waals surface area contributed by atoms with Crippen molar-refractivity contribution in [3.8, 4) is 0 Å². The van der Waals surface area contributed by atoms with E-state index in [-0.39, 0.29) is 0 Å². The fraction of sp³-hybridized carbons (Fsp3) is 0.545. The molecule has 0 radical (unpaired) electrons. The van der Waals surface area contributed by atoms with Crippen molar-refractivity contribution in [2.24, 2.45) is 0 Å². The minimum Gasteiger partial charge on any atom is -0.135 e. The van der Waals surface area contributed by atoms with Crippen LogP contribution in [0.2, 0.25) is 0 Å². The van der Waals surface area contributed by atoms with Crippen LogP contribution in [-0.4, -0.2) is 0 Å². The van der Waals surface area contributed by atoms with Crippen LogP contribution in [-0.2, 0) is 12.8 Å². The average Bonchev–Trinajstić information content (AvgIpc) is 3.40. The molecule has 242 valence electrons. The molecule has 0 spiro atoms. The van der Waals surface area contributed by atoms with Gasteiger partial charge < -0.3 is 0 Å². The minimum absolute atomic E-state index is 1.21. The molecule has 1 heteroatoms.